The lowest BCUT2D eigenvalue weighted by Gasteiger charge is -2.26. The van der Waals surface area contributed by atoms with E-state index in [-0.39, 0.29) is 6.03 Å². The smallest absolute Gasteiger partial charge is 0.325 e. The molecule has 1 rings (SSSR count). The van der Waals surface area contributed by atoms with Crippen LogP contribution in [0.4, 0.5) is 16.4 Å². The Labute approximate surface area is 108 Å². The lowest BCUT2D eigenvalue weighted by Crippen LogP contribution is -2.43. The first-order valence-electron chi connectivity index (χ1n) is 5.78. The number of nitrogen functional groups attached to an aromatic ring is 1. The molecule has 0 aliphatic rings. The van der Waals surface area contributed by atoms with Gasteiger partial charge in [-0.25, -0.2) is 9.78 Å². The third-order valence-electron chi connectivity index (χ3n) is 2.42. The molecule has 2 N–H and O–H groups in total. The first-order valence-corrected chi connectivity index (χ1v) is 5.78. The van der Waals surface area contributed by atoms with Crippen LogP contribution < -0.4 is 10.6 Å². The van der Waals surface area contributed by atoms with E-state index in [1.807, 2.05) is 19.0 Å². The molecule has 1 heterocycles. The van der Waals surface area contributed by atoms with Gasteiger partial charge in [-0.15, -0.1) is 0 Å². The topological polar surface area (TPSA) is 65.7 Å². The van der Waals surface area contributed by atoms with Crippen LogP contribution in [0.15, 0.2) is 18.2 Å². The Hall–Kier alpha value is -1.82. The summed E-state index contributed by atoms with van der Waals surface area (Å²) >= 11 is 0. The van der Waals surface area contributed by atoms with Crippen molar-refractivity contribution < 1.29 is 4.79 Å². The Balaban J connectivity index is 2.93. The molecule has 0 unspecified atom stereocenters. The van der Waals surface area contributed by atoms with Crippen LogP contribution in [0.1, 0.15) is 0 Å². The molecule has 1 aromatic rings. The van der Waals surface area contributed by atoms with Crippen molar-refractivity contribution in [2.75, 3.05) is 51.9 Å². The summed E-state index contributed by atoms with van der Waals surface area (Å²) in [5.41, 5.74) is 5.66. The predicted molar refractivity (Wildman–Crippen MR) is 73.6 cm³/mol. The van der Waals surface area contributed by atoms with Crippen molar-refractivity contribution in [3.8, 4) is 0 Å². The van der Waals surface area contributed by atoms with Gasteiger partial charge in [0.25, 0.3) is 0 Å². The number of urea groups is 1. The number of nitrogens with two attached hydrogens (primary N) is 1. The molecular weight excluding hydrogens is 230 g/mol. The number of likely N-dealkylation sites (N-methyl/N-ethyl adjacent to an activating group) is 1. The number of carbonyl (C=O) groups is 1. The van der Waals surface area contributed by atoms with Gasteiger partial charge in [0, 0.05) is 27.2 Å². The summed E-state index contributed by atoms with van der Waals surface area (Å²) in [6.45, 7) is 1.33. The van der Waals surface area contributed by atoms with Crippen LogP contribution in [0.5, 0.6) is 0 Å². The molecule has 100 valence electrons. The van der Waals surface area contributed by atoms with E-state index in [9.17, 15) is 4.79 Å². The summed E-state index contributed by atoms with van der Waals surface area (Å²) in [5.74, 6) is 0.990. The molecule has 0 aliphatic heterocycles. The Morgan fingerprint density at radius 2 is 1.89 bits per heavy atom. The average Bonchev–Trinajstić information content (AvgIpc) is 2.28. The van der Waals surface area contributed by atoms with Gasteiger partial charge >= 0.3 is 6.03 Å². The number of nitrogens with zero attached hydrogens (tertiary/aromatic N) is 4. The van der Waals surface area contributed by atoms with Crippen LogP contribution in [0.2, 0.25) is 0 Å². The second kappa shape index (κ2) is 6.20. The average molecular weight is 251 g/mol. The summed E-state index contributed by atoms with van der Waals surface area (Å²) in [5, 5.41) is 0. The van der Waals surface area contributed by atoms with Crippen molar-refractivity contribution in [2.45, 2.75) is 0 Å². The third kappa shape index (κ3) is 3.89. The number of rotatable bonds is 4. The molecule has 0 aromatic carbocycles. The van der Waals surface area contributed by atoms with Gasteiger partial charge in [0.05, 0.1) is 0 Å². The van der Waals surface area contributed by atoms with E-state index in [2.05, 4.69) is 4.98 Å². The first-order chi connectivity index (χ1) is 8.41. The monoisotopic (exact) mass is 251 g/mol. The molecule has 2 amide bonds. The van der Waals surface area contributed by atoms with Gasteiger partial charge in [0.2, 0.25) is 0 Å². The molecule has 6 nitrogen and oxygen atoms in total. The minimum Gasteiger partial charge on any atom is -0.384 e. The van der Waals surface area contributed by atoms with Gasteiger partial charge in [-0.05, 0) is 26.2 Å². The number of aromatic nitrogens is 1. The Kier molecular flexibility index (Phi) is 4.91. The lowest BCUT2D eigenvalue weighted by molar-refractivity contribution is 0.222. The maximum absolute atomic E-state index is 12.1. The van der Waals surface area contributed by atoms with Gasteiger partial charge in [-0.2, -0.15) is 0 Å². The van der Waals surface area contributed by atoms with Gasteiger partial charge in [0.1, 0.15) is 11.6 Å². The van der Waals surface area contributed by atoms with Crippen molar-refractivity contribution in [3.05, 3.63) is 18.2 Å². The zero-order valence-corrected chi connectivity index (χ0v) is 11.4. The maximum Gasteiger partial charge on any atom is 0.325 e. The van der Waals surface area contributed by atoms with Gasteiger partial charge < -0.3 is 15.5 Å². The van der Waals surface area contributed by atoms with E-state index in [1.54, 1.807) is 37.2 Å². The van der Waals surface area contributed by atoms with E-state index in [0.717, 1.165) is 6.54 Å². The molecule has 0 radical (unpaired) electrons. The van der Waals surface area contributed by atoms with E-state index in [4.69, 9.17) is 5.73 Å². The molecule has 0 bridgehead atoms. The van der Waals surface area contributed by atoms with Gasteiger partial charge in [-0.3, -0.25) is 4.90 Å². The number of pyridine rings is 1. The van der Waals surface area contributed by atoms with Crippen molar-refractivity contribution >= 4 is 17.7 Å². The molecule has 6 heteroatoms. The molecule has 0 aliphatic carbocycles. The number of amides is 2. The fourth-order valence-corrected chi connectivity index (χ4v) is 1.44. The van der Waals surface area contributed by atoms with Gasteiger partial charge in [-0.1, -0.05) is 6.07 Å². The van der Waals surface area contributed by atoms with Gasteiger partial charge in [0.15, 0.2) is 0 Å². The zero-order valence-electron chi connectivity index (χ0n) is 11.4. The van der Waals surface area contributed by atoms with Crippen LogP contribution in [0.3, 0.4) is 0 Å². The molecular formula is C12H21N5O. The number of carbonyl (C=O) groups excluding carboxylic acids is 1. The van der Waals surface area contributed by atoms with Crippen LogP contribution >= 0.6 is 0 Å². The Morgan fingerprint density at radius 1 is 1.22 bits per heavy atom. The Bertz CT molecular complexity index is 405. The number of hydrogen-bond donors (Lipinski definition) is 1. The highest BCUT2D eigenvalue weighted by atomic mass is 16.2. The third-order valence-corrected chi connectivity index (χ3v) is 2.42. The highest BCUT2D eigenvalue weighted by Crippen LogP contribution is 2.13. The first kappa shape index (κ1) is 14.2. The quantitative estimate of drug-likeness (QED) is 0.856. The number of hydrogen-bond acceptors (Lipinski definition) is 4. The van der Waals surface area contributed by atoms with Crippen LogP contribution in [-0.2, 0) is 0 Å². The van der Waals surface area contributed by atoms with Crippen molar-refractivity contribution in [1.82, 2.24) is 14.8 Å². The lowest BCUT2D eigenvalue weighted by atomic mass is 10.4. The zero-order chi connectivity index (χ0) is 13.7. The summed E-state index contributed by atoms with van der Waals surface area (Å²) in [4.78, 5) is 21.5. The van der Waals surface area contributed by atoms with Crippen LogP contribution in [0, 0.1) is 0 Å². The fourth-order valence-electron chi connectivity index (χ4n) is 1.44. The normalized spacial score (nSPS) is 10.5. The molecule has 18 heavy (non-hydrogen) atoms. The molecule has 0 saturated heterocycles. The van der Waals surface area contributed by atoms with Crippen molar-refractivity contribution in [1.29, 1.82) is 0 Å². The molecule has 0 fully saturated rings. The van der Waals surface area contributed by atoms with Crippen LogP contribution in [-0.4, -0.2) is 62.1 Å². The molecule has 0 spiro atoms. The molecule has 0 saturated carbocycles. The molecule has 0 atom stereocenters. The van der Waals surface area contributed by atoms with E-state index < -0.39 is 0 Å². The predicted octanol–water partition coefficient (Wildman–Crippen LogP) is 0.713. The minimum absolute atomic E-state index is 0.102. The highest BCUT2D eigenvalue weighted by molar-refractivity contribution is 5.90. The summed E-state index contributed by atoms with van der Waals surface area (Å²) in [6.07, 6.45) is 0. The minimum atomic E-state index is -0.102. The van der Waals surface area contributed by atoms with E-state index in [0.29, 0.717) is 18.2 Å². The SMILES string of the molecule is CN(C)CCN(C(=O)N(C)C)c1cccc(N)n1. The molecule has 1 aromatic heterocycles. The second-order valence-electron chi connectivity index (χ2n) is 4.55. The summed E-state index contributed by atoms with van der Waals surface area (Å²) < 4.78 is 0. The van der Waals surface area contributed by atoms with Crippen molar-refractivity contribution in [3.63, 3.8) is 0 Å². The largest absolute Gasteiger partial charge is 0.384 e. The van der Waals surface area contributed by atoms with E-state index in [1.165, 1.54) is 4.90 Å². The fraction of sp³-hybridized carbons (Fsp3) is 0.500. The highest BCUT2D eigenvalue weighted by Gasteiger charge is 2.18. The standard InChI is InChI=1S/C12H21N5O/c1-15(2)8-9-17(12(18)16(3)4)11-7-5-6-10(13)14-11/h5-7H,8-9H2,1-4H3,(H2,13,14). The Morgan fingerprint density at radius 3 is 2.39 bits per heavy atom. The summed E-state index contributed by atoms with van der Waals surface area (Å²) in [6, 6.07) is 5.18. The maximum atomic E-state index is 12.1. The number of anilines is 2. The van der Waals surface area contributed by atoms with Crippen molar-refractivity contribution in [2.24, 2.45) is 0 Å². The van der Waals surface area contributed by atoms with E-state index >= 15 is 0 Å². The summed E-state index contributed by atoms with van der Waals surface area (Å²) in [7, 11) is 7.37. The second-order valence-corrected chi connectivity index (χ2v) is 4.55. The van der Waals surface area contributed by atoms with Crippen LogP contribution in [0.25, 0.3) is 0 Å².